The van der Waals surface area contributed by atoms with Crippen LogP contribution in [-0.2, 0) is 11.3 Å². The molecule has 0 aliphatic rings. The highest BCUT2D eigenvalue weighted by atomic mass is 32.2. The van der Waals surface area contributed by atoms with Crippen molar-refractivity contribution in [1.82, 2.24) is 4.57 Å². The van der Waals surface area contributed by atoms with Crippen molar-refractivity contribution in [2.45, 2.75) is 32.7 Å². The number of hydrogen-bond acceptors (Lipinski definition) is 6. The SMILES string of the molecule is CCCCCOc1ccc(C(=O)N=c2sc3cc(C(=O)OC)ccc3n2CCSC)cc1. The largest absolute Gasteiger partial charge is 0.494 e. The first kappa shape index (κ1) is 24.1. The van der Waals surface area contributed by atoms with E-state index in [-0.39, 0.29) is 11.9 Å². The number of thioether (sulfide) groups is 1. The average molecular weight is 473 g/mol. The predicted octanol–water partition coefficient (Wildman–Crippen LogP) is 5.16. The first-order valence-electron chi connectivity index (χ1n) is 10.6. The van der Waals surface area contributed by atoms with E-state index in [1.807, 2.05) is 29.0 Å². The Bertz CT molecular complexity index is 1130. The summed E-state index contributed by atoms with van der Waals surface area (Å²) in [7, 11) is 1.36. The maximum Gasteiger partial charge on any atom is 0.337 e. The number of unbranched alkanes of at least 4 members (excludes halogenated alkanes) is 2. The van der Waals surface area contributed by atoms with E-state index in [0.29, 0.717) is 22.5 Å². The Balaban J connectivity index is 1.88. The van der Waals surface area contributed by atoms with Gasteiger partial charge in [0.05, 0.1) is 29.5 Å². The number of esters is 1. The van der Waals surface area contributed by atoms with Crippen molar-refractivity contribution in [3.63, 3.8) is 0 Å². The fourth-order valence-electron chi connectivity index (χ4n) is 3.19. The van der Waals surface area contributed by atoms with Gasteiger partial charge in [-0.25, -0.2) is 4.79 Å². The molecule has 0 aliphatic heterocycles. The third-order valence-electron chi connectivity index (χ3n) is 4.94. The number of hydrogen-bond donors (Lipinski definition) is 0. The van der Waals surface area contributed by atoms with Crippen molar-refractivity contribution in [2.75, 3.05) is 25.7 Å². The summed E-state index contributed by atoms with van der Waals surface area (Å²) in [5, 5.41) is 0. The number of aryl methyl sites for hydroxylation is 1. The predicted molar refractivity (Wildman–Crippen MR) is 131 cm³/mol. The monoisotopic (exact) mass is 472 g/mol. The minimum atomic E-state index is -0.387. The standard InChI is InChI=1S/C24H28N2O4S2/c1-4-5-6-14-30-19-10-7-17(8-11-19)22(27)25-24-26(13-15-31-3)20-12-9-18(23(28)29-2)16-21(20)32-24/h7-12,16H,4-6,13-15H2,1-3H3. The van der Waals surface area contributed by atoms with Gasteiger partial charge in [0.25, 0.3) is 5.91 Å². The van der Waals surface area contributed by atoms with Gasteiger partial charge in [0.1, 0.15) is 5.75 Å². The quantitative estimate of drug-likeness (QED) is 0.301. The molecule has 0 N–H and O–H groups in total. The summed E-state index contributed by atoms with van der Waals surface area (Å²) >= 11 is 3.12. The van der Waals surface area contributed by atoms with Gasteiger partial charge in [0.15, 0.2) is 4.80 Å². The summed E-state index contributed by atoms with van der Waals surface area (Å²) in [5.74, 6) is 0.948. The van der Waals surface area contributed by atoms with Gasteiger partial charge in [0, 0.05) is 17.9 Å². The Morgan fingerprint density at radius 3 is 2.53 bits per heavy atom. The van der Waals surface area contributed by atoms with Gasteiger partial charge in [-0.05, 0) is 55.1 Å². The summed E-state index contributed by atoms with van der Waals surface area (Å²) in [6.45, 7) is 3.55. The molecule has 0 radical (unpaired) electrons. The Morgan fingerprint density at radius 1 is 1.09 bits per heavy atom. The van der Waals surface area contributed by atoms with E-state index in [1.54, 1.807) is 36.0 Å². The molecule has 1 heterocycles. The van der Waals surface area contributed by atoms with Gasteiger partial charge < -0.3 is 14.0 Å². The highest BCUT2D eigenvalue weighted by Crippen LogP contribution is 2.21. The first-order chi connectivity index (χ1) is 15.6. The Morgan fingerprint density at radius 2 is 1.84 bits per heavy atom. The maximum absolute atomic E-state index is 12.9. The van der Waals surface area contributed by atoms with Crippen molar-refractivity contribution in [3.8, 4) is 5.75 Å². The molecule has 3 rings (SSSR count). The van der Waals surface area contributed by atoms with Crippen molar-refractivity contribution >= 4 is 45.2 Å². The zero-order valence-corrected chi connectivity index (χ0v) is 20.3. The highest BCUT2D eigenvalue weighted by Gasteiger charge is 2.13. The van der Waals surface area contributed by atoms with Gasteiger partial charge in [-0.1, -0.05) is 31.1 Å². The number of carbonyl (C=O) groups excluding carboxylic acids is 2. The molecule has 1 aromatic heterocycles. The molecule has 0 bridgehead atoms. The van der Waals surface area contributed by atoms with Crippen molar-refractivity contribution in [2.24, 2.45) is 4.99 Å². The van der Waals surface area contributed by atoms with E-state index >= 15 is 0 Å². The molecule has 170 valence electrons. The second kappa shape index (κ2) is 11.9. The van der Waals surface area contributed by atoms with Gasteiger partial charge in [-0.3, -0.25) is 4.79 Å². The van der Waals surface area contributed by atoms with Crippen LogP contribution < -0.4 is 9.54 Å². The molecule has 2 aromatic carbocycles. The fraction of sp³-hybridized carbons (Fsp3) is 0.375. The molecule has 3 aromatic rings. The lowest BCUT2D eigenvalue weighted by molar-refractivity contribution is 0.0600. The lowest BCUT2D eigenvalue weighted by Gasteiger charge is -2.06. The number of methoxy groups -OCH3 is 1. The zero-order valence-electron chi connectivity index (χ0n) is 18.6. The van der Waals surface area contributed by atoms with E-state index in [9.17, 15) is 9.59 Å². The second-order valence-electron chi connectivity index (χ2n) is 7.20. The van der Waals surface area contributed by atoms with Crippen LogP contribution in [0.1, 0.15) is 46.9 Å². The van der Waals surface area contributed by atoms with Gasteiger partial charge >= 0.3 is 5.97 Å². The van der Waals surface area contributed by atoms with Crippen LogP contribution in [0.25, 0.3) is 10.2 Å². The van der Waals surface area contributed by atoms with E-state index < -0.39 is 0 Å². The van der Waals surface area contributed by atoms with Crippen LogP contribution in [0, 0.1) is 0 Å². The Kier molecular flexibility index (Phi) is 8.93. The van der Waals surface area contributed by atoms with Crippen LogP contribution >= 0.6 is 23.1 Å². The van der Waals surface area contributed by atoms with Gasteiger partial charge in [-0.2, -0.15) is 16.8 Å². The van der Waals surface area contributed by atoms with Crippen LogP contribution in [0.2, 0.25) is 0 Å². The summed E-state index contributed by atoms with van der Waals surface area (Å²) < 4.78 is 13.5. The van der Waals surface area contributed by atoms with E-state index in [2.05, 4.69) is 11.9 Å². The summed E-state index contributed by atoms with van der Waals surface area (Å²) in [6, 6.07) is 12.5. The number of amides is 1. The molecule has 0 aliphatic carbocycles. The fourth-order valence-corrected chi connectivity index (χ4v) is 4.65. The minimum Gasteiger partial charge on any atom is -0.494 e. The summed E-state index contributed by atoms with van der Waals surface area (Å²) in [4.78, 5) is 29.8. The molecule has 0 atom stereocenters. The normalized spacial score (nSPS) is 11.7. The average Bonchev–Trinajstić information content (AvgIpc) is 3.16. The lowest BCUT2D eigenvalue weighted by Crippen LogP contribution is -2.18. The smallest absolute Gasteiger partial charge is 0.337 e. The third-order valence-corrected chi connectivity index (χ3v) is 6.57. The Hall–Kier alpha value is -2.58. The van der Waals surface area contributed by atoms with Crippen LogP contribution in [-0.4, -0.2) is 42.2 Å². The van der Waals surface area contributed by atoms with Crippen LogP contribution in [0.5, 0.6) is 5.75 Å². The molecule has 8 heteroatoms. The molecule has 1 amide bonds. The van der Waals surface area contributed by atoms with Crippen LogP contribution in [0.15, 0.2) is 47.5 Å². The van der Waals surface area contributed by atoms with Crippen molar-refractivity contribution in [1.29, 1.82) is 0 Å². The molecule has 0 saturated heterocycles. The zero-order chi connectivity index (χ0) is 22.9. The van der Waals surface area contributed by atoms with Gasteiger partial charge in [-0.15, -0.1) is 0 Å². The molecule has 32 heavy (non-hydrogen) atoms. The number of rotatable bonds is 10. The minimum absolute atomic E-state index is 0.305. The molecule has 0 saturated carbocycles. The molecule has 0 unspecified atom stereocenters. The number of ether oxygens (including phenoxy) is 2. The molecular weight excluding hydrogens is 444 g/mol. The van der Waals surface area contributed by atoms with Crippen molar-refractivity contribution < 1.29 is 19.1 Å². The first-order valence-corrected chi connectivity index (χ1v) is 12.8. The topological polar surface area (TPSA) is 69.9 Å². The van der Waals surface area contributed by atoms with E-state index in [1.165, 1.54) is 18.4 Å². The molecular formula is C24H28N2O4S2. The van der Waals surface area contributed by atoms with E-state index in [4.69, 9.17) is 9.47 Å². The molecule has 0 fully saturated rings. The number of carbonyl (C=O) groups is 2. The molecule has 6 nitrogen and oxygen atoms in total. The summed E-state index contributed by atoms with van der Waals surface area (Å²) in [5.41, 5.74) is 1.93. The number of fused-ring (bicyclic) bond motifs is 1. The number of thiazole rings is 1. The number of nitrogens with zero attached hydrogens (tertiary/aromatic N) is 2. The lowest BCUT2D eigenvalue weighted by atomic mass is 10.2. The maximum atomic E-state index is 12.9. The van der Waals surface area contributed by atoms with E-state index in [0.717, 1.165) is 47.5 Å². The number of aromatic nitrogens is 1. The van der Waals surface area contributed by atoms with Crippen LogP contribution in [0.3, 0.4) is 0 Å². The van der Waals surface area contributed by atoms with Gasteiger partial charge in [0.2, 0.25) is 0 Å². The van der Waals surface area contributed by atoms with Crippen LogP contribution in [0.4, 0.5) is 0 Å². The molecule has 0 spiro atoms. The third kappa shape index (κ3) is 6.01. The highest BCUT2D eigenvalue weighted by molar-refractivity contribution is 7.98. The Labute approximate surface area is 196 Å². The second-order valence-corrected chi connectivity index (χ2v) is 9.19. The van der Waals surface area contributed by atoms with Crippen molar-refractivity contribution in [3.05, 3.63) is 58.4 Å². The number of benzene rings is 2. The summed E-state index contributed by atoms with van der Waals surface area (Å²) in [6.07, 6.45) is 5.35.